The van der Waals surface area contributed by atoms with E-state index in [2.05, 4.69) is 16.9 Å². The highest BCUT2D eigenvalue weighted by Gasteiger charge is 2.19. The van der Waals surface area contributed by atoms with Gasteiger partial charge in [-0.2, -0.15) is 0 Å². The maximum Gasteiger partial charge on any atom is 0.250 e. The van der Waals surface area contributed by atoms with Crippen molar-refractivity contribution in [2.45, 2.75) is 13.0 Å². The maximum absolute atomic E-state index is 12.1. The van der Waals surface area contributed by atoms with Gasteiger partial charge in [0, 0.05) is 22.0 Å². The van der Waals surface area contributed by atoms with Crippen LogP contribution in [0.25, 0.3) is 32.9 Å². The molecule has 0 aliphatic carbocycles. The topological polar surface area (TPSA) is 128 Å². The Kier molecular flexibility index (Phi) is 5.52. The number of fused-ring (bicyclic) bond motifs is 3. The van der Waals surface area contributed by atoms with E-state index in [1.165, 1.54) is 6.08 Å². The molecule has 0 fully saturated rings. The van der Waals surface area contributed by atoms with Crippen molar-refractivity contribution in [3.05, 3.63) is 77.9 Å². The third-order valence-corrected chi connectivity index (χ3v) is 5.67. The molecule has 32 heavy (non-hydrogen) atoms. The van der Waals surface area contributed by atoms with Gasteiger partial charge in [-0.05, 0) is 53.5 Å². The van der Waals surface area contributed by atoms with Crippen LogP contribution in [0, 0.1) is 6.92 Å². The van der Waals surface area contributed by atoms with E-state index in [0.29, 0.717) is 27.8 Å². The number of amides is 2. The summed E-state index contributed by atoms with van der Waals surface area (Å²) in [5, 5.41) is 23.8. The average Bonchev–Trinajstić information content (AvgIpc) is 3.17. The van der Waals surface area contributed by atoms with Crippen molar-refractivity contribution in [1.82, 2.24) is 4.98 Å². The van der Waals surface area contributed by atoms with Crippen LogP contribution in [0.2, 0.25) is 0 Å². The second-order valence-corrected chi connectivity index (χ2v) is 7.57. The quantitative estimate of drug-likeness (QED) is 0.300. The number of aliphatic hydroxyl groups is 2. The highest BCUT2D eigenvalue weighted by atomic mass is 16.3. The number of nitrogens with two attached hydrogens (primary N) is 1. The molecule has 0 aliphatic rings. The Morgan fingerprint density at radius 3 is 2.66 bits per heavy atom. The first-order valence-electron chi connectivity index (χ1n) is 10.1. The van der Waals surface area contributed by atoms with Crippen LogP contribution in [0.15, 0.2) is 61.2 Å². The van der Waals surface area contributed by atoms with Gasteiger partial charge in [0.25, 0.3) is 5.91 Å². The number of hydrogen-bond donors (Lipinski definition) is 5. The van der Waals surface area contributed by atoms with E-state index in [1.54, 1.807) is 18.2 Å². The van der Waals surface area contributed by atoms with E-state index in [9.17, 15) is 19.8 Å². The lowest BCUT2D eigenvalue weighted by Crippen LogP contribution is -2.11. The minimum atomic E-state index is -1.01. The number of hydrogen-bond acceptors (Lipinski definition) is 4. The maximum atomic E-state index is 12.1. The average molecular weight is 429 g/mol. The number of aromatic amines is 1. The zero-order valence-electron chi connectivity index (χ0n) is 17.5. The van der Waals surface area contributed by atoms with Crippen LogP contribution in [0.5, 0.6) is 0 Å². The molecule has 3 aromatic carbocycles. The number of H-pyrrole nitrogens is 1. The van der Waals surface area contributed by atoms with Gasteiger partial charge in [0.05, 0.1) is 17.7 Å². The van der Waals surface area contributed by atoms with Crippen LogP contribution in [-0.4, -0.2) is 33.6 Å². The summed E-state index contributed by atoms with van der Waals surface area (Å²) in [4.78, 5) is 27.2. The molecule has 1 heterocycles. The SMILES string of the molecule is C=CC(=O)Nc1cccc(-c2ccc(C(N)=O)c3[nH]c4cc(C(O)CO)ccc4c23)c1C. The number of aromatic nitrogens is 1. The van der Waals surface area contributed by atoms with Crippen LogP contribution in [0.1, 0.15) is 27.6 Å². The molecule has 4 aromatic rings. The molecule has 1 aromatic heterocycles. The lowest BCUT2D eigenvalue weighted by Gasteiger charge is -2.14. The lowest BCUT2D eigenvalue weighted by atomic mass is 9.93. The molecule has 1 unspecified atom stereocenters. The van der Waals surface area contributed by atoms with E-state index < -0.39 is 18.6 Å². The zero-order chi connectivity index (χ0) is 23.0. The number of aliphatic hydroxyl groups excluding tert-OH is 2. The monoisotopic (exact) mass is 429 g/mol. The predicted octanol–water partition coefficient (Wildman–Crippen LogP) is 3.55. The van der Waals surface area contributed by atoms with Crippen LogP contribution in [0.4, 0.5) is 5.69 Å². The molecule has 7 heteroatoms. The molecule has 6 N–H and O–H groups in total. The Bertz CT molecular complexity index is 1390. The van der Waals surface area contributed by atoms with Gasteiger partial charge in [-0.25, -0.2) is 0 Å². The lowest BCUT2D eigenvalue weighted by molar-refractivity contribution is -0.111. The van der Waals surface area contributed by atoms with Gasteiger partial charge in [-0.1, -0.05) is 36.9 Å². The summed E-state index contributed by atoms with van der Waals surface area (Å²) in [5.74, 6) is -0.867. The molecule has 162 valence electrons. The number of carbonyl (C=O) groups is 2. The second kappa shape index (κ2) is 8.30. The minimum Gasteiger partial charge on any atom is -0.393 e. The van der Waals surface area contributed by atoms with Crippen LogP contribution in [0.3, 0.4) is 0 Å². The predicted molar refractivity (Wildman–Crippen MR) is 125 cm³/mol. The Morgan fingerprint density at radius 1 is 1.19 bits per heavy atom. The van der Waals surface area contributed by atoms with Crippen LogP contribution < -0.4 is 11.1 Å². The molecule has 0 saturated heterocycles. The molecule has 0 radical (unpaired) electrons. The molecule has 0 aliphatic heterocycles. The highest BCUT2D eigenvalue weighted by Crippen LogP contribution is 2.39. The summed E-state index contributed by atoms with van der Waals surface area (Å²) < 4.78 is 0. The van der Waals surface area contributed by atoms with Crippen molar-refractivity contribution >= 4 is 39.3 Å². The van der Waals surface area contributed by atoms with E-state index in [4.69, 9.17) is 5.73 Å². The summed E-state index contributed by atoms with van der Waals surface area (Å²) in [7, 11) is 0. The first kappa shape index (κ1) is 21.3. The third-order valence-electron chi connectivity index (χ3n) is 5.67. The smallest absolute Gasteiger partial charge is 0.250 e. The van der Waals surface area contributed by atoms with Crippen molar-refractivity contribution in [1.29, 1.82) is 0 Å². The largest absolute Gasteiger partial charge is 0.393 e. The number of nitrogens with one attached hydrogen (secondary N) is 2. The molecule has 0 spiro atoms. The van der Waals surface area contributed by atoms with Crippen molar-refractivity contribution in [2.24, 2.45) is 5.73 Å². The first-order chi connectivity index (χ1) is 15.3. The third kappa shape index (κ3) is 3.53. The summed E-state index contributed by atoms with van der Waals surface area (Å²) in [6, 6.07) is 14.5. The van der Waals surface area contributed by atoms with Crippen molar-refractivity contribution in [3.8, 4) is 11.1 Å². The number of anilines is 1. The Morgan fingerprint density at radius 2 is 1.97 bits per heavy atom. The van der Waals surface area contributed by atoms with Gasteiger partial charge in [-0.3, -0.25) is 9.59 Å². The molecular weight excluding hydrogens is 406 g/mol. The van der Waals surface area contributed by atoms with Gasteiger partial charge >= 0.3 is 0 Å². The summed E-state index contributed by atoms with van der Waals surface area (Å²) in [5.41, 5.74) is 11.1. The number of primary amides is 1. The highest BCUT2D eigenvalue weighted by molar-refractivity contribution is 6.20. The zero-order valence-corrected chi connectivity index (χ0v) is 17.5. The molecule has 7 nitrogen and oxygen atoms in total. The summed E-state index contributed by atoms with van der Waals surface area (Å²) in [6.07, 6.45) is 0.206. The van der Waals surface area contributed by atoms with Crippen molar-refractivity contribution in [2.75, 3.05) is 11.9 Å². The van der Waals surface area contributed by atoms with E-state index in [1.807, 2.05) is 37.3 Å². The number of carbonyl (C=O) groups excluding carboxylic acids is 2. The van der Waals surface area contributed by atoms with Crippen molar-refractivity contribution in [3.63, 3.8) is 0 Å². The molecular formula is C25H23N3O4. The van der Waals surface area contributed by atoms with Gasteiger partial charge < -0.3 is 26.2 Å². The molecule has 1 atom stereocenters. The fraction of sp³-hybridized carbons (Fsp3) is 0.120. The van der Waals surface area contributed by atoms with Crippen LogP contribution >= 0.6 is 0 Å². The number of benzene rings is 3. The normalized spacial score (nSPS) is 12.1. The van der Waals surface area contributed by atoms with Gasteiger partial charge in [0.15, 0.2) is 0 Å². The minimum absolute atomic E-state index is 0.304. The summed E-state index contributed by atoms with van der Waals surface area (Å²) >= 11 is 0. The Hall–Kier alpha value is -3.94. The molecule has 0 saturated carbocycles. The second-order valence-electron chi connectivity index (χ2n) is 7.57. The van der Waals surface area contributed by atoms with Gasteiger partial charge in [0.2, 0.25) is 5.91 Å². The Balaban J connectivity index is 2.02. The Labute approximate surface area is 184 Å². The van der Waals surface area contributed by atoms with Crippen LogP contribution in [-0.2, 0) is 4.79 Å². The fourth-order valence-corrected chi connectivity index (χ4v) is 4.02. The van der Waals surface area contributed by atoms with E-state index >= 15 is 0 Å². The molecule has 2 amide bonds. The summed E-state index contributed by atoms with van der Waals surface area (Å²) in [6.45, 7) is 5.01. The number of rotatable bonds is 6. The van der Waals surface area contributed by atoms with Crippen molar-refractivity contribution < 1.29 is 19.8 Å². The van der Waals surface area contributed by atoms with Gasteiger partial charge in [-0.15, -0.1) is 0 Å². The first-order valence-corrected chi connectivity index (χ1v) is 10.1. The van der Waals surface area contributed by atoms with E-state index in [0.717, 1.165) is 27.5 Å². The van der Waals surface area contributed by atoms with Gasteiger partial charge in [0.1, 0.15) is 6.10 Å². The fourth-order valence-electron chi connectivity index (χ4n) is 4.02. The molecule has 4 rings (SSSR count). The molecule has 0 bridgehead atoms. The van der Waals surface area contributed by atoms with E-state index in [-0.39, 0.29) is 5.91 Å². The standard InChI is InChI=1S/C25H23N3O4/c1-3-22(31)27-19-6-4-5-15(13(19)2)16-9-10-18(25(26)32)24-23(16)17-8-7-14(21(30)12-29)11-20(17)28-24/h3-11,21,28-30H,1,12H2,2H3,(H2,26,32)(H,27,31).